The molecule has 0 heterocycles. The number of carbonyl (C=O) groups excluding carboxylic acids is 2. The Labute approximate surface area is 243 Å². The summed E-state index contributed by atoms with van der Waals surface area (Å²) in [5, 5.41) is 14.9. The molecule has 0 radical (unpaired) electrons. The van der Waals surface area contributed by atoms with E-state index in [2.05, 4.69) is 5.32 Å². The Morgan fingerprint density at radius 1 is 1.00 bits per heavy atom. The van der Waals surface area contributed by atoms with E-state index in [0.717, 1.165) is 5.56 Å². The molecule has 212 valence electrons. The van der Waals surface area contributed by atoms with Crippen molar-refractivity contribution in [2.75, 3.05) is 20.3 Å². The largest absolute Gasteiger partial charge is 0.490 e. The quantitative estimate of drug-likeness (QED) is 0.203. The van der Waals surface area contributed by atoms with Crippen LogP contribution in [-0.2, 0) is 22.6 Å². The van der Waals surface area contributed by atoms with Crippen molar-refractivity contribution in [2.45, 2.75) is 32.9 Å². The third-order valence-electron chi connectivity index (χ3n) is 6.00. The average Bonchev–Trinajstić information content (AvgIpc) is 2.94. The fraction of sp³-hybridized carbons (Fsp3) is 0.310. The van der Waals surface area contributed by atoms with E-state index >= 15 is 0 Å². The number of ether oxygens (including phenoxy) is 2. The average molecular weight is 588 g/mol. The Balaban J connectivity index is 1.93. The topological polar surface area (TPSA) is 111 Å². The zero-order valence-electron chi connectivity index (χ0n) is 22.4. The van der Waals surface area contributed by atoms with Crippen LogP contribution in [0.4, 0.5) is 5.69 Å². The molecule has 1 unspecified atom stereocenters. The minimum Gasteiger partial charge on any atom is -0.490 e. The van der Waals surface area contributed by atoms with Gasteiger partial charge in [-0.05, 0) is 35.2 Å². The summed E-state index contributed by atoms with van der Waals surface area (Å²) in [5.74, 6) is -0.361. The molecule has 40 heavy (non-hydrogen) atoms. The fourth-order valence-corrected chi connectivity index (χ4v) is 4.26. The van der Waals surface area contributed by atoms with Crippen LogP contribution >= 0.6 is 23.2 Å². The first kappa shape index (κ1) is 30.7. The van der Waals surface area contributed by atoms with Crippen LogP contribution in [0.1, 0.15) is 25.0 Å². The first-order valence-electron chi connectivity index (χ1n) is 12.6. The summed E-state index contributed by atoms with van der Waals surface area (Å²) in [6.07, 6.45) is 0.267. The minimum absolute atomic E-state index is 0.00220. The number of carbonyl (C=O) groups is 2. The molecule has 0 aliphatic rings. The van der Waals surface area contributed by atoms with Crippen LogP contribution in [0.2, 0.25) is 10.0 Å². The molecule has 1 atom stereocenters. The van der Waals surface area contributed by atoms with Crippen LogP contribution in [0.25, 0.3) is 0 Å². The standard InChI is InChI=1S/C29H31Cl2N3O6/c1-19(2)16-32-29(36)26(14-20-7-5-4-6-8-20)33(17-21-9-11-23(30)24(31)13-21)28(35)18-40-22-10-12-25(34(37)38)27(15-22)39-3/h4-13,15,19,26H,14,16-18H2,1-3H3,(H,32,36). The third-order valence-corrected chi connectivity index (χ3v) is 6.74. The highest BCUT2D eigenvalue weighted by atomic mass is 35.5. The highest BCUT2D eigenvalue weighted by Gasteiger charge is 2.31. The summed E-state index contributed by atoms with van der Waals surface area (Å²) in [6, 6.07) is 17.5. The Morgan fingerprint density at radius 2 is 1.73 bits per heavy atom. The summed E-state index contributed by atoms with van der Waals surface area (Å²) < 4.78 is 10.8. The first-order valence-corrected chi connectivity index (χ1v) is 13.3. The number of amides is 2. The van der Waals surface area contributed by atoms with E-state index in [0.29, 0.717) is 22.2 Å². The molecule has 11 heteroatoms. The van der Waals surface area contributed by atoms with E-state index in [9.17, 15) is 19.7 Å². The van der Waals surface area contributed by atoms with Gasteiger partial charge in [-0.2, -0.15) is 0 Å². The van der Waals surface area contributed by atoms with Gasteiger partial charge in [-0.1, -0.05) is 73.4 Å². The summed E-state index contributed by atoms with van der Waals surface area (Å²) >= 11 is 12.3. The Kier molecular flexibility index (Phi) is 11.2. The zero-order chi connectivity index (χ0) is 29.2. The van der Waals surface area contributed by atoms with Gasteiger partial charge >= 0.3 is 5.69 Å². The first-order chi connectivity index (χ1) is 19.1. The lowest BCUT2D eigenvalue weighted by Crippen LogP contribution is -2.52. The maximum absolute atomic E-state index is 13.7. The molecule has 0 saturated carbocycles. The van der Waals surface area contributed by atoms with Crippen LogP contribution < -0.4 is 14.8 Å². The molecule has 0 aliphatic carbocycles. The molecular formula is C29H31Cl2N3O6. The van der Waals surface area contributed by atoms with Gasteiger partial charge in [0, 0.05) is 31.6 Å². The van der Waals surface area contributed by atoms with Gasteiger partial charge in [0.25, 0.3) is 5.91 Å². The third kappa shape index (κ3) is 8.59. The highest BCUT2D eigenvalue weighted by molar-refractivity contribution is 6.42. The van der Waals surface area contributed by atoms with Crippen LogP contribution in [0, 0.1) is 16.0 Å². The van der Waals surface area contributed by atoms with E-state index in [1.807, 2.05) is 44.2 Å². The zero-order valence-corrected chi connectivity index (χ0v) is 23.9. The van der Waals surface area contributed by atoms with Crippen molar-refractivity contribution in [1.29, 1.82) is 0 Å². The summed E-state index contributed by atoms with van der Waals surface area (Å²) in [4.78, 5) is 39.3. The number of methoxy groups -OCH3 is 1. The number of benzene rings is 3. The fourth-order valence-electron chi connectivity index (χ4n) is 3.94. The SMILES string of the molecule is COc1cc(OCC(=O)N(Cc2ccc(Cl)c(Cl)c2)C(Cc2ccccc2)C(=O)NCC(C)C)ccc1[N+](=O)[O-]. The van der Waals surface area contributed by atoms with Crippen LogP contribution in [0.3, 0.4) is 0 Å². The maximum atomic E-state index is 13.7. The number of rotatable bonds is 13. The molecule has 0 aliphatic heterocycles. The molecule has 9 nitrogen and oxygen atoms in total. The Morgan fingerprint density at radius 3 is 2.35 bits per heavy atom. The molecule has 0 bridgehead atoms. The van der Waals surface area contributed by atoms with E-state index in [-0.39, 0.29) is 42.0 Å². The van der Waals surface area contributed by atoms with Crippen molar-refractivity contribution in [2.24, 2.45) is 5.92 Å². The number of hydrogen-bond donors (Lipinski definition) is 1. The lowest BCUT2D eigenvalue weighted by molar-refractivity contribution is -0.385. The second kappa shape index (κ2) is 14.5. The van der Waals surface area contributed by atoms with Crippen molar-refractivity contribution in [3.05, 3.63) is 98.0 Å². The van der Waals surface area contributed by atoms with Crippen LogP contribution in [0.15, 0.2) is 66.7 Å². The van der Waals surface area contributed by atoms with Crippen molar-refractivity contribution < 1.29 is 24.0 Å². The van der Waals surface area contributed by atoms with Gasteiger partial charge in [-0.25, -0.2) is 0 Å². The number of hydrogen-bond acceptors (Lipinski definition) is 6. The highest BCUT2D eigenvalue weighted by Crippen LogP contribution is 2.31. The van der Waals surface area contributed by atoms with Gasteiger partial charge in [-0.3, -0.25) is 19.7 Å². The van der Waals surface area contributed by atoms with E-state index in [1.54, 1.807) is 18.2 Å². The van der Waals surface area contributed by atoms with Gasteiger partial charge in [0.15, 0.2) is 6.61 Å². The molecular weight excluding hydrogens is 557 g/mol. The molecule has 3 aromatic rings. The molecule has 3 rings (SSSR count). The molecule has 1 N–H and O–H groups in total. The number of nitrogens with one attached hydrogen (secondary N) is 1. The smallest absolute Gasteiger partial charge is 0.311 e. The molecule has 3 aromatic carbocycles. The van der Waals surface area contributed by atoms with Gasteiger partial charge in [0.1, 0.15) is 11.8 Å². The Bertz CT molecular complexity index is 1340. The lowest BCUT2D eigenvalue weighted by atomic mass is 10.0. The lowest BCUT2D eigenvalue weighted by Gasteiger charge is -2.31. The summed E-state index contributed by atoms with van der Waals surface area (Å²) in [7, 11) is 1.31. The molecule has 0 fully saturated rings. The van der Waals surface area contributed by atoms with Crippen LogP contribution in [-0.4, -0.2) is 47.9 Å². The van der Waals surface area contributed by atoms with Crippen molar-refractivity contribution in [1.82, 2.24) is 10.2 Å². The van der Waals surface area contributed by atoms with E-state index < -0.39 is 23.5 Å². The number of nitro benzene ring substituents is 1. The normalized spacial score (nSPS) is 11.6. The molecule has 0 aromatic heterocycles. The van der Waals surface area contributed by atoms with Crippen molar-refractivity contribution >= 4 is 40.7 Å². The van der Waals surface area contributed by atoms with Gasteiger partial charge in [0.2, 0.25) is 11.7 Å². The predicted molar refractivity (Wildman–Crippen MR) is 154 cm³/mol. The molecule has 2 amide bonds. The Hall–Kier alpha value is -3.82. The minimum atomic E-state index is -0.863. The number of halogens is 2. The van der Waals surface area contributed by atoms with Gasteiger partial charge < -0.3 is 19.7 Å². The molecule has 0 saturated heterocycles. The van der Waals surface area contributed by atoms with E-state index in [1.165, 1.54) is 30.2 Å². The number of nitro groups is 1. The van der Waals surface area contributed by atoms with Crippen molar-refractivity contribution in [3.63, 3.8) is 0 Å². The monoisotopic (exact) mass is 587 g/mol. The van der Waals surface area contributed by atoms with Crippen LogP contribution in [0.5, 0.6) is 11.5 Å². The number of nitrogens with zero attached hydrogens (tertiary/aromatic N) is 2. The van der Waals surface area contributed by atoms with Gasteiger partial charge in [-0.15, -0.1) is 0 Å². The second-order valence-corrected chi connectivity index (χ2v) is 10.3. The van der Waals surface area contributed by atoms with Crippen molar-refractivity contribution in [3.8, 4) is 11.5 Å². The predicted octanol–water partition coefficient (Wildman–Crippen LogP) is 5.70. The van der Waals surface area contributed by atoms with E-state index in [4.69, 9.17) is 32.7 Å². The maximum Gasteiger partial charge on any atom is 0.311 e. The summed E-state index contributed by atoms with van der Waals surface area (Å²) in [6.45, 7) is 4.05. The summed E-state index contributed by atoms with van der Waals surface area (Å²) in [5.41, 5.74) is 1.32. The second-order valence-electron chi connectivity index (χ2n) is 9.49. The molecule has 0 spiro atoms. The van der Waals surface area contributed by atoms with Gasteiger partial charge in [0.05, 0.1) is 22.1 Å².